The molecule has 0 radical (unpaired) electrons. The lowest BCUT2D eigenvalue weighted by Crippen LogP contribution is -2.17. The summed E-state index contributed by atoms with van der Waals surface area (Å²) in [7, 11) is 0. The summed E-state index contributed by atoms with van der Waals surface area (Å²) in [5.41, 5.74) is -0.547. The number of amides is 1. The topological polar surface area (TPSA) is 114 Å². The van der Waals surface area contributed by atoms with Crippen molar-refractivity contribution in [3.63, 3.8) is 0 Å². The van der Waals surface area contributed by atoms with Crippen LogP contribution in [0, 0.1) is 5.82 Å². The van der Waals surface area contributed by atoms with E-state index in [1.165, 1.54) is 12.1 Å². The van der Waals surface area contributed by atoms with Gasteiger partial charge in [-0.05, 0) is 24.3 Å². The van der Waals surface area contributed by atoms with Crippen LogP contribution in [-0.2, 0) is 9.59 Å². The summed E-state index contributed by atoms with van der Waals surface area (Å²) in [6, 6.07) is 4.84. The third-order valence-electron chi connectivity index (χ3n) is 2.08. The third-order valence-corrected chi connectivity index (χ3v) is 2.73. The van der Waals surface area contributed by atoms with Gasteiger partial charge in [-0.25, -0.2) is 9.18 Å². The molecule has 1 aromatic carbocycles. The van der Waals surface area contributed by atoms with E-state index in [1.807, 2.05) is 0 Å². The molecular weight excluding hydrogens is 303 g/mol. The van der Waals surface area contributed by atoms with Crippen LogP contribution >= 0.6 is 11.5 Å². The molecule has 1 aromatic heterocycles. The summed E-state index contributed by atoms with van der Waals surface area (Å²) >= 11 is 0.791. The van der Waals surface area contributed by atoms with Gasteiger partial charge in [0.25, 0.3) is 0 Å². The number of aromatic nitrogens is 2. The summed E-state index contributed by atoms with van der Waals surface area (Å²) < 4.78 is 16.5. The first-order valence-corrected chi connectivity index (χ1v) is 6.15. The van der Waals surface area contributed by atoms with Crippen molar-refractivity contribution in [1.29, 1.82) is 0 Å². The number of nitrogens with one attached hydrogen (secondary N) is 1. The second-order valence-corrected chi connectivity index (χ2v) is 4.23. The lowest BCUT2D eigenvalue weighted by atomic mass is 10.3. The zero-order chi connectivity index (χ0) is 15.2. The van der Waals surface area contributed by atoms with Crippen LogP contribution in [0.25, 0.3) is 0 Å². The minimum atomic E-state index is -1.41. The average molecular weight is 310 g/mol. The normalized spacial score (nSPS) is 11.0. The number of halogens is 1. The molecule has 0 aliphatic rings. The first kappa shape index (κ1) is 14.5. The highest BCUT2D eigenvalue weighted by molar-refractivity contribution is 7.10. The molecule has 0 unspecified atom stereocenters. The molecule has 0 saturated heterocycles. The minimum absolute atomic E-state index is 0.121. The van der Waals surface area contributed by atoms with Crippen molar-refractivity contribution in [2.75, 3.05) is 5.32 Å². The maximum atomic E-state index is 12.7. The Bertz CT molecular complexity index is 686. The number of carbonyl (C=O) groups is 2. The summed E-state index contributed by atoms with van der Waals surface area (Å²) in [6.07, 6.45) is 0.386. The molecule has 21 heavy (non-hydrogen) atoms. The van der Waals surface area contributed by atoms with Gasteiger partial charge in [0.1, 0.15) is 5.82 Å². The molecule has 2 rings (SSSR count). The number of carboxylic acids is 1. The number of anilines is 1. The summed E-state index contributed by atoms with van der Waals surface area (Å²) in [6.45, 7) is 0. The molecule has 108 valence electrons. The standard InChI is InChI=1S/C11H7FN4O4S/c12-6-1-3-7(4-2-6)20-15-8(10(18)19)9-14-11(13-5-17)21-16-9/h1-5H,(H,18,19)(H,13,14,16,17)/b15-8-. The maximum Gasteiger partial charge on any atom is 0.362 e. The van der Waals surface area contributed by atoms with Gasteiger partial charge < -0.3 is 15.3 Å². The number of oxime groups is 1. The smallest absolute Gasteiger partial charge is 0.362 e. The van der Waals surface area contributed by atoms with E-state index in [0.29, 0.717) is 6.41 Å². The molecule has 0 atom stereocenters. The van der Waals surface area contributed by atoms with Gasteiger partial charge >= 0.3 is 5.97 Å². The van der Waals surface area contributed by atoms with E-state index in [-0.39, 0.29) is 16.7 Å². The molecule has 0 spiro atoms. The lowest BCUT2D eigenvalue weighted by molar-refractivity contribution is -0.129. The number of hydrogen-bond acceptors (Lipinski definition) is 7. The van der Waals surface area contributed by atoms with Gasteiger partial charge in [0.05, 0.1) is 0 Å². The highest BCUT2D eigenvalue weighted by Gasteiger charge is 2.19. The van der Waals surface area contributed by atoms with Crippen LogP contribution in [-0.4, -0.2) is 32.6 Å². The van der Waals surface area contributed by atoms with E-state index in [0.717, 1.165) is 23.7 Å². The largest absolute Gasteiger partial charge is 0.476 e. The van der Waals surface area contributed by atoms with Crippen LogP contribution in [0.2, 0.25) is 0 Å². The Kier molecular flexibility index (Phi) is 4.51. The van der Waals surface area contributed by atoms with Crippen molar-refractivity contribution in [2.24, 2.45) is 5.16 Å². The number of hydrogen-bond donors (Lipinski definition) is 2. The molecule has 1 heterocycles. The Balaban J connectivity index is 2.21. The quantitative estimate of drug-likeness (QED) is 0.469. The van der Waals surface area contributed by atoms with Gasteiger partial charge in [-0.15, -0.1) is 0 Å². The zero-order valence-electron chi connectivity index (χ0n) is 10.2. The maximum absolute atomic E-state index is 12.7. The predicted octanol–water partition coefficient (Wildman–Crippen LogP) is 1.11. The average Bonchev–Trinajstić information content (AvgIpc) is 2.89. The van der Waals surface area contributed by atoms with Gasteiger partial charge in [-0.2, -0.15) is 9.36 Å². The highest BCUT2D eigenvalue weighted by Crippen LogP contribution is 2.14. The van der Waals surface area contributed by atoms with Crippen LogP contribution < -0.4 is 10.2 Å². The van der Waals surface area contributed by atoms with E-state index < -0.39 is 17.5 Å². The molecule has 0 aliphatic carbocycles. The molecule has 0 saturated carbocycles. The molecule has 1 amide bonds. The van der Waals surface area contributed by atoms with Crippen molar-refractivity contribution < 1.29 is 23.9 Å². The van der Waals surface area contributed by atoms with E-state index in [4.69, 9.17) is 9.94 Å². The van der Waals surface area contributed by atoms with Gasteiger partial charge in [0.2, 0.25) is 23.1 Å². The minimum Gasteiger partial charge on any atom is -0.476 e. The molecule has 10 heteroatoms. The van der Waals surface area contributed by atoms with E-state index in [2.05, 4.69) is 19.8 Å². The summed E-state index contributed by atoms with van der Waals surface area (Å²) in [4.78, 5) is 30.0. The SMILES string of the molecule is O=CNc1nc(/C(=N/Oc2ccc(F)cc2)C(=O)O)ns1. The highest BCUT2D eigenvalue weighted by atomic mass is 32.1. The monoisotopic (exact) mass is 310 g/mol. The van der Waals surface area contributed by atoms with E-state index >= 15 is 0 Å². The fourth-order valence-electron chi connectivity index (χ4n) is 1.20. The fourth-order valence-corrected chi connectivity index (χ4v) is 1.73. The first-order chi connectivity index (χ1) is 10.1. The Morgan fingerprint density at radius 3 is 2.76 bits per heavy atom. The van der Waals surface area contributed by atoms with Crippen LogP contribution in [0.4, 0.5) is 9.52 Å². The molecule has 8 nitrogen and oxygen atoms in total. The van der Waals surface area contributed by atoms with Gasteiger partial charge in [-0.1, -0.05) is 5.16 Å². The van der Waals surface area contributed by atoms with E-state index in [9.17, 15) is 14.0 Å². The van der Waals surface area contributed by atoms with Crippen LogP contribution in [0.15, 0.2) is 29.4 Å². The van der Waals surface area contributed by atoms with Crippen molar-refractivity contribution in [2.45, 2.75) is 0 Å². The molecule has 2 N–H and O–H groups in total. The van der Waals surface area contributed by atoms with Crippen molar-refractivity contribution in [3.05, 3.63) is 35.9 Å². The summed E-state index contributed by atoms with van der Waals surface area (Å²) in [5, 5.41) is 14.8. The Labute approximate surface area is 121 Å². The Morgan fingerprint density at radius 1 is 1.43 bits per heavy atom. The van der Waals surface area contributed by atoms with Crippen molar-refractivity contribution in [3.8, 4) is 5.75 Å². The van der Waals surface area contributed by atoms with Crippen molar-refractivity contribution >= 4 is 34.8 Å². The van der Waals surface area contributed by atoms with Crippen molar-refractivity contribution in [1.82, 2.24) is 9.36 Å². The predicted molar refractivity (Wildman–Crippen MR) is 70.8 cm³/mol. The molecule has 2 aromatic rings. The first-order valence-electron chi connectivity index (χ1n) is 5.38. The number of aliphatic carboxylic acids is 1. The number of rotatable bonds is 6. The number of nitrogens with zero attached hydrogens (tertiary/aromatic N) is 3. The van der Waals surface area contributed by atoms with E-state index in [1.54, 1.807) is 0 Å². The lowest BCUT2D eigenvalue weighted by Gasteiger charge is -1.99. The number of carboxylic acid groups (broad SMARTS) is 1. The molecule has 0 fully saturated rings. The van der Waals surface area contributed by atoms with Gasteiger partial charge in [0.15, 0.2) is 5.75 Å². The number of benzene rings is 1. The van der Waals surface area contributed by atoms with Crippen LogP contribution in [0.3, 0.4) is 0 Å². The van der Waals surface area contributed by atoms with Crippen LogP contribution in [0.1, 0.15) is 5.82 Å². The van der Waals surface area contributed by atoms with Gasteiger partial charge in [0, 0.05) is 11.5 Å². The number of carbonyl (C=O) groups excluding carboxylic acids is 1. The second kappa shape index (κ2) is 6.52. The van der Waals surface area contributed by atoms with Gasteiger partial charge in [-0.3, -0.25) is 4.79 Å². The zero-order valence-corrected chi connectivity index (χ0v) is 11.0. The van der Waals surface area contributed by atoms with Crippen LogP contribution in [0.5, 0.6) is 5.75 Å². The molecule has 0 bridgehead atoms. The summed E-state index contributed by atoms with van der Waals surface area (Å²) in [5.74, 6) is -1.93. The second-order valence-electron chi connectivity index (χ2n) is 3.48. The molecular formula is C11H7FN4O4S. The molecule has 0 aliphatic heterocycles. The Morgan fingerprint density at radius 2 is 2.14 bits per heavy atom. The third kappa shape index (κ3) is 3.79. The fraction of sp³-hybridized carbons (Fsp3) is 0. The Hall–Kier alpha value is -2.88.